The quantitative estimate of drug-likeness (QED) is 0.469. The third-order valence-corrected chi connectivity index (χ3v) is 5.97. The number of ether oxygens (including phenoxy) is 1. The largest absolute Gasteiger partial charge is 0.465 e. The molecule has 5 rings (SSSR count). The normalized spacial score (nSPS) is 16.4. The SMILES string of the molecule is Cc1ccn2c(CC3CN(C(=O)O)CCO3)c(-c3c(F)cc(-c4ncc(C)[nH]4)cc3F)nc2c1. The van der Waals surface area contributed by atoms with Gasteiger partial charge in [-0.15, -0.1) is 0 Å². The molecule has 1 aromatic carbocycles. The molecule has 2 N–H and O–H groups in total. The zero-order valence-electron chi connectivity index (χ0n) is 18.7. The van der Waals surface area contributed by atoms with Gasteiger partial charge in [0.05, 0.1) is 36.2 Å². The molecule has 10 heteroatoms. The van der Waals surface area contributed by atoms with E-state index in [1.54, 1.807) is 23.7 Å². The van der Waals surface area contributed by atoms with Crippen LogP contribution < -0.4 is 0 Å². The summed E-state index contributed by atoms with van der Waals surface area (Å²) in [7, 11) is 0. The fraction of sp³-hybridized carbons (Fsp3) is 0.292. The molecule has 4 heterocycles. The first-order valence-electron chi connectivity index (χ1n) is 10.9. The van der Waals surface area contributed by atoms with Crippen molar-refractivity contribution in [3.8, 4) is 22.6 Å². The van der Waals surface area contributed by atoms with Gasteiger partial charge in [0, 0.05) is 36.6 Å². The van der Waals surface area contributed by atoms with Gasteiger partial charge in [0.15, 0.2) is 0 Å². The second-order valence-electron chi connectivity index (χ2n) is 8.49. The Kier molecular flexibility index (Phi) is 5.52. The summed E-state index contributed by atoms with van der Waals surface area (Å²) in [6.45, 7) is 4.41. The molecule has 176 valence electrons. The average Bonchev–Trinajstić information content (AvgIpc) is 3.37. The minimum absolute atomic E-state index is 0.162. The maximum atomic E-state index is 15.4. The van der Waals surface area contributed by atoms with Gasteiger partial charge in [-0.1, -0.05) is 0 Å². The highest BCUT2D eigenvalue weighted by Gasteiger charge is 2.28. The second kappa shape index (κ2) is 8.53. The number of halogens is 2. The Labute approximate surface area is 193 Å². The van der Waals surface area contributed by atoms with Gasteiger partial charge in [-0.3, -0.25) is 0 Å². The molecule has 1 amide bonds. The molecule has 0 radical (unpaired) electrons. The Hall–Kier alpha value is -3.79. The maximum absolute atomic E-state index is 15.4. The number of pyridine rings is 1. The molecular formula is C24H23F2N5O3. The Morgan fingerprint density at radius 3 is 2.71 bits per heavy atom. The molecule has 1 atom stereocenters. The molecule has 1 aliphatic heterocycles. The van der Waals surface area contributed by atoms with Gasteiger partial charge < -0.3 is 24.1 Å². The number of aryl methyl sites for hydroxylation is 2. The van der Waals surface area contributed by atoms with Gasteiger partial charge in [-0.05, 0) is 43.7 Å². The fourth-order valence-corrected chi connectivity index (χ4v) is 4.32. The van der Waals surface area contributed by atoms with Crippen molar-refractivity contribution in [2.75, 3.05) is 19.7 Å². The van der Waals surface area contributed by atoms with E-state index in [2.05, 4.69) is 15.0 Å². The van der Waals surface area contributed by atoms with Crippen LogP contribution in [0.15, 0.2) is 36.7 Å². The topological polar surface area (TPSA) is 95.8 Å². The molecule has 1 aliphatic rings. The van der Waals surface area contributed by atoms with E-state index in [0.717, 1.165) is 11.3 Å². The van der Waals surface area contributed by atoms with Gasteiger partial charge in [0.2, 0.25) is 0 Å². The third kappa shape index (κ3) is 4.01. The van der Waals surface area contributed by atoms with Crippen molar-refractivity contribution >= 4 is 11.7 Å². The number of aromatic nitrogens is 4. The number of hydrogen-bond acceptors (Lipinski definition) is 4. The molecule has 8 nitrogen and oxygen atoms in total. The maximum Gasteiger partial charge on any atom is 0.407 e. The summed E-state index contributed by atoms with van der Waals surface area (Å²) in [5, 5.41) is 9.36. The van der Waals surface area contributed by atoms with Crippen LogP contribution in [-0.2, 0) is 11.2 Å². The number of H-pyrrole nitrogens is 1. The summed E-state index contributed by atoms with van der Waals surface area (Å²) in [6.07, 6.45) is 2.13. The van der Waals surface area contributed by atoms with Gasteiger partial charge in [-0.25, -0.2) is 23.5 Å². The average molecular weight is 467 g/mol. The van der Waals surface area contributed by atoms with Crippen molar-refractivity contribution in [3.63, 3.8) is 0 Å². The zero-order valence-corrected chi connectivity index (χ0v) is 18.7. The lowest BCUT2D eigenvalue weighted by atomic mass is 10.0. The van der Waals surface area contributed by atoms with E-state index >= 15 is 8.78 Å². The number of fused-ring (bicyclic) bond motifs is 1. The highest BCUT2D eigenvalue weighted by atomic mass is 19.1. The molecule has 0 saturated carbocycles. The number of nitrogens with zero attached hydrogens (tertiary/aromatic N) is 4. The lowest BCUT2D eigenvalue weighted by molar-refractivity contribution is -0.0214. The van der Waals surface area contributed by atoms with E-state index in [-0.39, 0.29) is 37.4 Å². The van der Waals surface area contributed by atoms with Crippen molar-refractivity contribution in [3.05, 3.63) is 65.2 Å². The van der Waals surface area contributed by atoms with Crippen LogP contribution in [0.2, 0.25) is 0 Å². The number of benzene rings is 1. The molecule has 1 saturated heterocycles. The number of imidazole rings is 2. The first kappa shape index (κ1) is 22.0. The van der Waals surface area contributed by atoms with Gasteiger partial charge in [-0.2, -0.15) is 0 Å². The van der Waals surface area contributed by atoms with E-state index in [0.29, 0.717) is 22.7 Å². The Bertz CT molecular complexity index is 1370. The molecular weight excluding hydrogens is 444 g/mol. The number of rotatable bonds is 4. The fourth-order valence-electron chi connectivity index (χ4n) is 4.32. The van der Waals surface area contributed by atoms with E-state index in [4.69, 9.17) is 4.74 Å². The molecule has 34 heavy (non-hydrogen) atoms. The minimum Gasteiger partial charge on any atom is -0.465 e. The van der Waals surface area contributed by atoms with Crippen molar-refractivity contribution in [1.82, 2.24) is 24.3 Å². The number of nitrogens with one attached hydrogen (secondary N) is 1. The summed E-state index contributed by atoms with van der Waals surface area (Å²) in [6, 6.07) is 6.17. The Morgan fingerprint density at radius 2 is 2.03 bits per heavy atom. The van der Waals surface area contributed by atoms with Crippen molar-refractivity contribution in [2.45, 2.75) is 26.4 Å². The van der Waals surface area contributed by atoms with Crippen LogP contribution in [0, 0.1) is 25.5 Å². The van der Waals surface area contributed by atoms with Crippen molar-refractivity contribution in [2.24, 2.45) is 0 Å². The number of carboxylic acid groups (broad SMARTS) is 1. The molecule has 1 fully saturated rings. The molecule has 0 spiro atoms. The summed E-state index contributed by atoms with van der Waals surface area (Å²) in [5.41, 5.74) is 3.03. The molecule has 0 aliphatic carbocycles. The van der Waals surface area contributed by atoms with E-state index < -0.39 is 23.8 Å². The zero-order chi connectivity index (χ0) is 24.0. The lowest BCUT2D eigenvalue weighted by Gasteiger charge is -2.31. The van der Waals surface area contributed by atoms with E-state index in [9.17, 15) is 9.90 Å². The van der Waals surface area contributed by atoms with Crippen molar-refractivity contribution < 1.29 is 23.4 Å². The van der Waals surface area contributed by atoms with Crippen LogP contribution in [0.4, 0.5) is 13.6 Å². The van der Waals surface area contributed by atoms with Crippen LogP contribution in [0.25, 0.3) is 28.3 Å². The molecule has 3 aromatic heterocycles. The van der Waals surface area contributed by atoms with Gasteiger partial charge in [0.1, 0.15) is 23.1 Å². The van der Waals surface area contributed by atoms with Crippen molar-refractivity contribution in [1.29, 1.82) is 0 Å². The predicted octanol–water partition coefficient (Wildman–Crippen LogP) is 4.21. The lowest BCUT2D eigenvalue weighted by Crippen LogP contribution is -2.45. The Morgan fingerprint density at radius 1 is 1.26 bits per heavy atom. The monoisotopic (exact) mass is 467 g/mol. The minimum atomic E-state index is -1.02. The second-order valence-corrected chi connectivity index (χ2v) is 8.49. The predicted molar refractivity (Wildman–Crippen MR) is 121 cm³/mol. The van der Waals surface area contributed by atoms with E-state index in [1.807, 2.05) is 19.1 Å². The summed E-state index contributed by atoms with van der Waals surface area (Å²) in [5.74, 6) is -1.15. The molecule has 4 aromatic rings. The standard InChI is InChI=1S/C24H23F2N5O3/c1-13-3-4-31-19(10-16-12-30(24(32)33)5-6-34-16)22(29-20(31)7-13)21-17(25)8-15(9-18(21)26)23-27-11-14(2)28-23/h3-4,7-9,11,16H,5-6,10,12H2,1-2H3,(H,27,28)(H,32,33). The summed E-state index contributed by atoms with van der Waals surface area (Å²) < 4.78 is 38.3. The first-order valence-corrected chi connectivity index (χ1v) is 10.9. The highest BCUT2D eigenvalue weighted by molar-refractivity contribution is 5.71. The third-order valence-electron chi connectivity index (χ3n) is 5.97. The first-order chi connectivity index (χ1) is 16.3. The van der Waals surface area contributed by atoms with Crippen LogP contribution in [0.3, 0.4) is 0 Å². The van der Waals surface area contributed by atoms with E-state index in [1.165, 1.54) is 17.0 Å². The Balaban J connectivity index is 1.60. The summed E-state index contributed by atoms with van der Waals surface area (Å²) >= 11 is 0. The van der Waals surface area contributed by atoms with Crippen LogP contribution in [0.5, 0.6) is 0 Å². The highest BCUT2D eigenvalue weighted by Crippen LogP contribution is 2.33. The van der Waals surface area contributed by atoms with Crippen LogP contribution >= 0.6 is 0 Å². The summed E-state index contributed by atoms with van der Waals surface area (Å²) in [4.78, 5) is 24.4. The number of hydrogen-bond donors (Lipinski definition) is 2. The molecule has 0 bridgehead atoms. The number of carbonyl (C=O) groups is 1. The number of aromatic amines is 1. The van der Waals surface area contributed by atoms with Crippen LogP contribution in [0.1, 0.15) is 17.0 Å². The van der Waals surface area contributed by atoms with Crippen LogP contribution in [-0.4, -0.2) is 61.3 Å². The number of morpholine rings is 1. The van der Waals surface area contributed by atoms with Gasteiger partial charge >= 0.3 is 6.09 Å². The number of amides is 1. The molecule has 1 unspecified atom stereocenters. The van der Waals surface area contributed by atoms with Gasteiger partial charge in [0.25, 0.3) is 0 Å². The smallest absolute Gasteiger partial charge is 0.407 e.